The molecule has 3 aromatic rings. The third kappa shape index (κ3) is 4.13. The lowest BCUT2D eigenvalue weighted by atomic mass is 9.99. The Morgan fingerprint density at radius 3 is 2.69 bits per heavy atom. The Balaban J connectivity index is 1.41. The Morgan fingerprint density at radius 1 is 1.17 bits per heavy atom. The highest BCUT2D eigenvalue weighted by atomic mass is 19.1. The van der Waals surface area contributed by atoms with Crippen molar-refractivity contribution in [2.45, 2.75) is 32.9 Å². The summed E-state index contributed by atoms with van der Waals surface area (Å²) < 4.78 is 35.7. The molecular weight excluding hydrogens is 376 g/mol. The van der Waals surface area contributed by atoms with Gasteiger partial charge in [0, 0.05) is 18.2 Å². The van der Waals surface area contributed by atoms with Crippen molar-refractivity contribution >= 4 is 5.91 Å². The van der Waals surface area contributed by atoms with Crippen LogP contribution in [0.5, 0.6) is 5.75 Å². The maximum absolute atomic E-state index is 14.6. The summed E-state index contributed by atoms with van der Waals surface area (Å²) in [4.78, 5) is 12.1. The molecule has 0 unspecified atom stereocenters. The third-order valence-electron chi connectivity index (χ3n) is 4.96. The van der Waals surface area contributed by atoms with Gasteiger partial charge in [-0.2, -0.15) is 5.10 Å². The summed E-state index contributed by atoms with van der Waals surface area (Å²) in [6.07, 6.45) is 1.85. The van der Waals surface area contributed by atoms with Crippen molar-refractivity contribution in [3.63, 3.8) is 0 Å². The van der Waals surface area contributed by atoms with Gasteiger partial charge < -0.3 is 10.1 Å². The topological polar surface area (TPSA) is 56.2 Å². The van der Waals surface area contributed by atoms with Gasteiger partial charge in [0.2, 0.25) is 5.91 Å². The second-order valence-corrected chi connectivity index (χ2v) is 7.31. The Bertz CT molecular complexity index is 1080. The van der Waals surface area contributed by atoms with E-state index in [-0.39, 0.29) is 36.7 Å². The number of halogens is 2. The number of aromatic nitrogens is 2. The molecule has 1 aliphatic rings. The molecule has 150 valence electrons. The van der Waals surface area contributed by atoms with Gasteiger partial charge in [-0.25, -0.2) is 8.78 Å². The van der Waals surface area contributed by atoms with E-state index in [1.165, 1.54) is 12.1 Å². The molecule has 1 aromatic heterocycles. The molecule has 0 aliphatic carbocycles. The van der Waals surface area contributed by atoms with Gasteiger partial charge in [-0.3, -0.25) is 9.48 Å². The molecule has 1 amide bonds. The van der Waals surface area contributed by atoms with Crippen molar-refractivity contribution in [1.29, 1.82) is 0 Å². The zero-order valence-electron chi connectivity index (χ0n) is 16.2. The minimum Gasteiger partial charge on any atom is -0.485 e. The highest BCUT2D eigenvalue weighted by Crippen LogP contribution is 2.36. The van der Waals surface area contributed by atoms with Gasteiger partial charge >= 0.3 is 0 Å². The molecule has 1 aliphatic heterocycles. The lowest BCUT2D eigenvalue weighted by Gasteiger charge is -2.12. The minimum atomic E-state index is -0.487. The number of carbonyl (C=O) groups excluding carboxylic acids is 1. The predicted octanol–water partition coefficient (Wildman–Crippen LogP) is 3.57. The molecule has 0 radical (unpaired) electrons. The molecule has 5 nitrogen and oxygen atoms in total. The number of nitrogens with zero attached hydrogens (tertiary/aromatic N) is 2. The molecule has 0 spiro atoms. The second-order valence-electron chi connectivity index (χ2n) is 7.31. The lowest BCUT2D eigenvalue weighted by molar-refractivity contribution is -0.122. The first-order chi connectivity index (χ1) is 13.9. The average Bonchev–Trinajstić information content (AvgIpc) is 3.28. The van der Waals surface area contributed by atoms with Crippen LogP contribution in [-0.2, 0) is 17.8 Å². The summed E-state index contributed by atoms with van der Waals surface area (Å²) in [6, 6.07) is 9.84. The summed E-state index contributed by atoms with van der Waals surface area (Å²) in [5.74, 6) is -0.806. The quantitative estimate of drug-likeness (QED) is 0.716. The van der Waals surface area contributed by atoms with Crippen LogP contribution in [0.4, 0.5) is 8.78 Å². The summed E-state index contributed by atoms with van der Waals surface area (Å²) in [6.45, 7) is 3.92. The normalized spacial score (nSPS) is 15.1. The SMILES string of the molecule is Cc1ccn(CC(=O)NC[C@@H]2Cc3cc(-c4ccc(C)c(F)c4)cc(F)c3O2)n1. The molecule has 2 heterocycles. The van der Waals surface area contributed by atoms with Gasteiger partial charge in [0.25, 0.3) is 0 Å². The number of aryl methyl sites for hydroxylation is 2. The van der Waals surface area contributed by atoms with Crippen molar-refractivity contribution < 1.29 is 18.3 Å². The minimum absolute atomic E-state index is 0.116. The molecule has 0 saturated carbocycles. The molecule has 29 heavy (non-hydrogen) atoms. The predicted molar refractivity (Wildman–Crippen MR) is 105 cm³/mol. The van der Waals surface area contributed by atoms with E-state index in [4.69, 9.17) is 4.74 Å². The first-order valence-corrected chi connectivity index (χ1v) is 9.41. The van der Waals surface area contributed by atoms with Crippen LogP contribution in [0, 0.1) is 25.5 Å². The number of nitrogens with one attached hydrogen (secondary N) is 1. The average molecular weight is 397 g/mol. The Morgan fingerprint density at radius 2 is 1.97 bits per heavy atom. The van der Waals surface area contributed by atoms with E-state index >= 15 is 0 Å². The number of benzene rings is 2. The van der Waals surface area contributed by atoms with Crippen molar-refractivity contribution in [2.24, 2.45) is 0 Å². The van der Waals surface area contributed by atoms with E-state index in [1.807, 2.05) is 19.1 Å². The molecule has 4 rings (SSSR count). The molecule has 0 fully saturated rings. The molecule has 0 bridgehead atoms. The van der Waals surface area contributed by atoms with E-state index in [0.29, 0.717) is 28.7 Å². The van der Waals surface area contributed by atoms with Crippen LogP contribution < -0.4 is 10.1 Å². The summed E-state index contributed by atoms with van der Waals surface area (Å²) >= 11 is 0. The van der Waals surface area contributed by atoms with Gasteiger partial charge in [0.1, 0.15) is 18.5 Å². The number of ether oxygens (including phenoxy) is 1. The summed E-state index contributed by atoms with van der Waals surface area (Å²) in [7, 11) is 0. The van der Waals surface area contributed by atoms with Crippen molar-refractivity contribution in [3.8, 4) is 16.9 Å². The van der Waals surface area contributed by atoms with Gasteiger partial charge in [0.05, 0.1) is 12.2 Å². The second kappa shape index (κ2) is 7.66. The highest BCUT2D eigenvalue weighted by molar-refractivity contribution is 5.75. The van der Waals surface area contributed by atoms with Gasteiger partial charge in [-0.05, 0) is 54.8 Å². The highest BCUT2D eigenvalue weighted by Gasteiger charge is 2.27. The number of amides is 1. The van der Waals surface area contributed by atoms with Crippen molar-refractivity contribution in [2.75, 3.05) is 6.54 Å². The van der Waals surface area contributed by atoms with Crippen LogP contribution in [0.3, 0.4) is 0 Å². The van der Waals surface area contributed by atoms with Crippen molar-refractivity contribution in [1.82, 2.24) is 15.1 Å². The number of carbonyl (C=O) groups is 1. The summed E-state index contributed by atoms with van der Waals surface area (Å²) in [5.41, 5.74) is 3.30. The zero-order valence-corrected chi connectivity index (χ0v) is 16.2. The van der Waals surface area contributed by atoms with Crippen LogP contribution >= 0.6 is 0 Å². The molecular formula is C22H21F2N3O2. The lowest BCUT2D eigenvalue weighted by Crippen LogP contribution is -2.36. The van der Waals surface area contributed by atoms with Crippen LogP contribution in [0.25, 0.3) is 11.1 Å². The van der Waals surface area contributed by atoms with E-state index in [0.717, 1.165) is 5.69 Å². The first-order valence-electron chi connectivity index (χ1n) is 9.41. The van der Waals surface area contributed by atoms with Crippen molar-refractivity contribution in [3.05, 3.63) is 71.1 Å². The number of hydrogen-bond donors (Lipinski definition) is 1. The number of hydrogen-bond acceptors (Lipinski definition) is 3. The molecule has 2 aromatic carbocycles. The van der Waals surface area contributed by atoms with Crippen LogP contribution in [-0.4, -0.2) is 28.3 Å². The smallest absolute Gasteiger partial charge is 0.241 e. The number of rotatable bonds is 5. The maximum atomic E-state index is 14.6. The monoisotopic (exact) mass is 397 g/mol. The summed E-state index contributed by atoms with van der Waals surface area (Å²) in [5, 5.41) is 6.97. The van der Waals surface area contributed by atoms with Crippen LogP contribution in [0.15, 0.2) is 42.6 Å². The van der Waals surface area contributed by atoms with Gasteiger partial charge in [0.15, 0.2) is 11.6 Å². The molecule has 1 atom stereocenters. The third-order valence-corrected chi connectivity index (χ3v) is 4.96. The van der Waals surface area contributed by atoms with Crippen LogP contribution in [0.1, 0.15) is 16.8 Å². The van der Waals surface area contributed by atoms with E-state index in [9.17, 15) is 13.6 Å². The van der Waals surface area contributed by atoms with Crippen LogP contribution in [0.2, 0.25) is 0 Å². The Kier molecular flexibility index (Phi) is 5.05. The fraction of sp³-hybridized carbons (Fsp3) is 0.273. The first kappa shape index (κ1) is 19.1. The van der Waals surface area contributed by atoms with Gasteiger partial charge in [-0.15, -0.1) is 0 Å². The maximum Gasteiger partial charge on any atom is 0.241 e. The largest absolute Gasteiger partial charge is 0.485 e. The Hall–Kier alpha value is -3.22. The van der Waals surface area contributed by atoms with E-state index < -0.39 is 5.82 Å². The molecule has 0 saturated heterocycles. The Labute approximate surface area is 167 Å². The fourth-order valence-corrected chi connectivity index (χ4v) is 3.42. The standard InChI is InChI=1S/C22H21F2N3O2/c1-13-3-4-15(9-19(13)23)16-7-17-8-18(29-22(17)20(24)10-16)11-25-21(28)12-27-6-5-14(2)26-27/h3-7,9-10,18H,8,11-12H2,1-2H3,(H,25,28)/t18-/m0/s1. The molecule has 7 heteroatoms. The molecule has 1 N–H and O–H groups in total. The fourth-order valence-electron chi connectivity index (χ4n) is 3.42. The van der Waals surface area contributed by atoms with Gasteiger partial charge in [-0.1, -0.05) is 12.1 Å². The van der Waals surface area contributed by atoms with E-state index in [2.05, 4.69) is 10.4 Å². The number of fused-ring (bicyclic) bond motifs is 1. The zero-order chi connectivity index (χ0) is 20.5. The van der Waals surface area contributed by atoms with E-state index in [1.54, 1.807) is 29.9 Å².